The standard InChI is InChI=1S/C27H37NO6S/c1-4-6-14-27(15-7-5-2)19-28(21-11-9-8-10-12-21)22-17-23(33-3)24(34-16-13-26(29)30)18-25(22)35(31,32)20-27/h8-12,17-18H,4-7,13-16,19-20H2,1-3H3,(H,29,30). The number of rotatable bonds is 12. The van der Waals surface area contributed by atoms with Gasteiger partial charge in [0.2, 0.25) is 0 Å². The summed E-state index contributed by atoms with van der Waals surface area (Å²) >= 11 is 0. The number of sulfone groups is 1. The Bertz CT molecular complexity index is 1090. The molecule has 192 valence electrons. The minimum Gasteiger partial charge on any atom is -0.493 e. The van der Waals surface area contributed by atoms with Crippen LogP contribution in [-0.4, -0.2) is 45.5 Å². The molecule has 1 N–H and O–H groups in total. The van der Waals surface area contributed by atoms with Crippen LogP contribution in [0.15, 0.2) is 47.4 Å². The van der Waals surface area contributed by atoms with Crippen LogP contribution in [-0.2, 0) is 14.6 Å². The molecule has 0 aliphatic carbocycles. The fourth-order valence-electron chi connectivity index (χ4n) is 4.83. The smallest absolute Gasteiger partial charge is 0.306 e. The predicted molar refractivity (Wildman–Crippen MR) is 138 cm³/mol. The summed E-state index contributed by atoms with van der Waals surface area (Å²) in [5, 5.41) is 8.98. The van der Waals surface area contributed by atoms with Gasteiger partial charge in [-0.1, -0.05) is 57.7 Å². The summed E-state index contributed by atoms with van der Waals surface area (Å²) in [5.74, 6) is -0.311. The maximum atomic E-state index is 13.9. The number of carboxylic acids is 1. The van der Waals surface area contributed by atoms with Crippen molar-refractivity contribution in [3.8, 4) is 11.5 Å². The van der Waals surface area contributed by atoms with Gasteiger partial charge >= 0.3 is 5.97 Å². The topological polar surface area (TPSA) is 93.1 Å². The average molecular weight is 504 g/mol. The molecule has 0 bridgehead atoms. The molecule has 7 nitrogen and oxygen atoms in total. The zero-order valence-corrected chi connectivity index (χ0v) is 21.8. The quantitative estimate of drug-likeness (QED) is 0.389. The van der Waals surface area contributed by atoms with E-state index in [1.807, 2.05) is 30.3 Å². The number of aliphatic carboxylic acids is 1. The van der Waals surface area contributed by atoms with Gasteiger partial charge in [-0.2, -0.15) is 0 Å². The number of hydrogen-bond donors (Lipinski definition) is 1. The fraction of sp³-hybridized carbons (Fsp3) is 0.519. The van der Waals surface area contributed by atoms with Gasteiger partial charge < -0.3 is 19.5 Å². The van der Waals surface area contributed by atoms with E-state index in [1.54, 1.807) is 6.07 Å². The average Bonchev–Trinajstić information content (AvgIpc) is 2.93. The lowest BCUT2D eigenvalue weighted by Gasteiger charge is -2.37. The molecule has 35 heavy (non-hydrogen) atoms. The van der Waals surface area contributed by atoms with Crippen molar-refractivity contribution in [1.29, 1.82) is 0 Å². The molecule has 0 radical (unpaired) electrons. The first-order chi connectivity index (χ1) is 16.7. The third-order valence-electron chi connectivity index (χ3n) is 6.62. The molecule has 3 rings (SSSR count). The lowest BCUT2D eigenvalue weighted by atomic mass is 9.79. The predicted octanol–water partition coefficient (Wildman–Crippen LogP) is 5.84. The highest BCUT2D eigenvalue weighted by atomic mass is 32.2. The van der Waals surface area contributed by atoms with Gasteiger partial charge in [-0.15, -0.1) is 0 Å². The van der Waals surface area contributed by atoms with Crippen molar-refractivity contribution < 1.29 is 27.8 Å². The molecule has 0 atom stereocenters. The van der Waals surface area contributed by atoms with Crippen LogP contribution < -0.4 is 14.4 Å². The second-order valence-corrected chi connectivity index (χ2v) is 11.3. The lowest BCUT2D eigenvalue weighted by Crippen LogP contribution is -2.38. The Morgan fingerprint density at radius 1 is 1.06 bits per heavy atom. The van der Waals surface area contributed by atoms with Gasteiger partial charge in [-0.3, -0.25) is 4.79 Å². The van der Waals surface area contributed by atoms with E-state index in [-0.39, 0.29) is 29.4 Å². The monoisotopic (exact) mass is 503 g/mol. The van der Waals surface area contributed by atoms with E-state index < -0.39 is 21.2 Å². The maximum Gasteiger partial charge on any atom is 0.306 e. The van der Waals surface area contributed by atoms with Crippen molar-refractivity contribution in [3.63, 3.8) is 0 Å². The van der Waals surface area contributed by atoms with Crippen LogP contribution in [0.1, 0.15) is 58.8 Å². The minimum atomic E-state index is -3.67. The summed E-state index contributed by atoms with van der Waals surface area (Å²) in [5.41, 5.74) is 1.09. The molecule has 0 saturated carbocycles. The van der Waals surface area contributed by atoms with Crippen molar-refractivity contribution in [2.75, 3.05) is 30.9 Å². The Kier molecular flexibility index (Phi) is 9.05. The van der Waals surface area contributed by atoms with E-state index in [0.29, 0.717) is 18.0 Å². The Labute approximate surface area is 209 Å². The number of para-hydroxylation sites is 1. The van der Waals surface area contributed by atoms with Crippen LogP contribution in [0, 0.1) is 5.41 Å². The Balaban J connectivity index is 2.19. The number of hydrogen-bond acceptors (Lipinski definition) is 6. The number of fused-ring (bicyclic) bond motifs is 1. The molecule has 0 spiro atoms. The number of ether oxygens (including phenoxy) is 2. The normalized spacial score (nSPS) is 16.3. The Hall–Kier alpha value is -2.74. The molecule has 1 aliphatic rings. The number of unbranched alkanes of at least 4 members (excludes halogenated alkanes) is 2. The molecule has 1 aliphatic heterocycles. The van der Waals surface area contributed by atoms with Crippen LogP contribution >= 0.6 is 0 Å². The van der Waals surface area contributed by atoms with Crippen LogP contribution in [0.2, 0.25) is 0 Å². The maximum absolute atomic E-state index is 13.9. The minimum absolute atomic E-state index is 0.0667. The Morgan fingerprint density at radius 3 is 2.29 bits per heavy atom. The van der Waals surface area contributed by atoms with Crippen molar-refractivity contribution >= 4 is 27.2 Å². The molecule has 0 fully saturated rings. The third kappa shape index (κ3) is 6.48. The molecule has 0 unspecified atom stereocenters. The van der Waals surface area contributed by atoms with Gasteiger partial charge in [0, 0.05) is 29.8 Å². The van der Waals surface area contributed by atoms with E-state index in [0.717, 1.165) is 44.2 Å². The molecule has 8 heteroatoms. The van der Waals surface area contributed by atoms with Crippen molar-refractivity contribution in [3.05, 3.63) is 42.5 Å². The van der Waals surface area contributed by atoms with Gasteiger partial charge in [0.25, 0.3) is 0 Å². The second kappa shape index (κ2) is 11.8. The SMILES string of the molecule is CCCCC1(CCCC)CN(c2ccccc2)c2cc(OC)c(OCCC(=O)O)cc2S(=O)(=O)C1. The van der Waals surface area contributed by atoms with Gasteiger partial charge in [-0.25, -0.2) is 8.42 Å². The van der Waals surface area contributed by atoms with E-state index in [9.17, 15) is 13.2 Å². The van der Waals surface area contributed by atoms with Gasteiger partial charge in [0.1, 0.15) is 0 Å². The molecule has 0 amide bonds. The molecule has 0 aromatic heterocycles. The van der Waals surface area contributed by atoms with Crippen molar-refractivity contribution in [2.24, 2.45) is 5.41 Å². The first-order valence-corrected chi connectivity index (χ1v) is 14.0. The number of carboxylic acid groups (broad SMARTS) is 1. The van der Waals surface area contributed by atoms with Gasteiger partial charge in [-0.05, 0) is 25.0 Å². The largest absolute Gasteiger partial charge is 0.493 e. The van der Waals surface area contributed by atoms with E-state index >= 15 is 0 Å². The number of benzene rings is 2. The zero-order chi connectivity index (χ0) is 25.5. The number of carbonyl (C=O) groups is 1. The van der Waals surface area contributed by atoms with E-state index in [4.69, 9.17) is 14.6 Å². The zero-order valence-electron chi connectivity index (χ0n) is 21.0. The van der Waals surface area contributed by atoms with Crippen molar-refractivity contribution in [1.82, 2.24) is 0 Å². The van der Waals surface area contributed by atoms with Crippen LogP contribution in [0.4, 0.5) is 11.4 Å². The Morgan fingerprint density at radius 2 is 1.71 bits per heavy atom. The summed E-state index contributed by atoms with van der Waals surface area (Å²) in [4.78, 5) is 13.3. The number of nitrogens with zero attached hydrogens (tertiary/aromatic N) is 1. The molecular weight excluding hydrogens is 466 g/mol. The molecular formula is C27H37NO6S. The summed E-state index contributed by atoms with van der Waals surface area (Å²) < 4.78 is 39.1. The molecule has 2 aromatic rings. The summed E-state index contributed by atoms with van der Waals surface area (Å²) in [7, 11) is -2.17. The second-order valence-electron chi connectivity index (χ2n) is 9.35. The molecule has 0 saturated heterocycles. The van der Waals surface area contributed by atoms with Gasteiger partial charge in [0.15, 0.2) is 21.3 Å². The summed E-state index contributed by atoms with van der Waals surface area (Å²) in [6, 6.07) is 13.1. The number of methoxy groups -OCH3 is 1. The van der Waals surface area contributed by atoms with Crippen molar-refractivity contribution in [2.45, 2.75) is 63.7 Å². The highest BCUT2D eigenvalue weighted by Gasteiger charge is 2.42. The summed E-state index contributed by atoms with van der Waals surface area (Å²) in [6.07, 6.45) is 5.40. The van der Waals surface area contributed by atoms with Crippen LogP contribution in [0.25, 0.3) is 0 Å². The number of anilines is 2. The van der Waals surface area contributed by atoms with Crippen LogP contribution in [0.3, 0.4) is 0 Å². The lowest BCUT2D eigenvalue weighted by molar-refractivity contribution is -0.137. The molecule has 2 aromatic carbocycles. The van der Waals surface area contributed by atoms with Gasteiger partial charge in [0.05, 0.1) is 36.5 Å². The molecule has 1 heterocycles. The third-order valence-corrected chi connectivity index (χ3v) is 8.61. The fourth-order valence-corrected chi connectivity index (χ4v) is 6.94. The summed E-state index contributed by atoms with van der Waals surface area (Å²) in [6.45, 7) is 4.78. The first kappa shape index (κ1) is 26.9. The van der Waals surface area contributed by atoms with Crippen LogP contribution in [0.5, 0.6) is 11.5 Å². The van der Waals surface area contributed by atoms with E-state index in [1.165, 1.54) is 13.2 Å². The highest BCUT2D eigenvalue weighted by Crippen LogP contribution is 2.48. The first-order valence-electron chi connectivity index (χ1n) is 12.4. The van der Waals surface area contributed by atoms with E-state index in [2.05, 4.69) is 18.7 Å². The highest BCUT2D eigenvalue weighted by molar-refractivity contribution is 7.91.